The summed E-state index contributed by atoms with van der Waals surface area (Å²) < 4.78 is 28.7. The molecule has 6 heteroatoms. The number of rotatable bonds is 7. The van der Waals surface area contributed by atoms with Gasteiger partial charge in [-0.3, -0.25) is 9.78 Å². The number of aromatic nitrogens is 1. The Morgan fingerprint density at radius 3 is 2.34 bits per heavy atom. The number of carbonyl (C=O) groups excluding carboxylic acids is 1. The molecule has 1 aromatic heterocycles. The van der Waals surface area contributed by atoms with E-state index in [1.54, 1.807) is 18.3 Å². The van der Waals surface area contributed by atoms with E-state index in [2.05, 4.69) is 49.2 Å². The van der Waals surface area contributed by atoms with Crippen molar-refractivity contribution in [3.8, 4) is 11.1 Å². The largest absolute Gasteiger partial charge is 0.469 e. The maximum Gasteiger partial charge on any atom is 0.313 e. The van der Waals surface area contributed by atoms with Gasteiger partial charge < -0.3 is 4.74 Å². The van der Waals surface area contributed by atoms with E-state index in [1.165, 1.54) is 24.8 Å². The Morgan fingerprint density at radius 1 is 0.943 bits per heavy atom. The number of esters is 1. The first-order chi connectivity index (χ1) is 16.7. The number of benzene rings is 3. The van der Waals surface area contributed by atoms with Gasteiger partial charge in [-0.05, 0) is 64.9 Å². The number of methoxy groups -OCH3 is 1. The van der Waals surface area contributed by atoms with Gasteiger partial charge in [0.05, 0.1) is 23.4 Å². The predicted octanol–water partition coefficient (Wildman–Crippen LogP) is 5.93. The molecule has 5 nitrogen and oxygen atoms in total. The van der Waals surface area contributed by atoms with Crippen LogP contribution in [0.25, 0.3) is 22.0 Å². The van der Waals surface area contributed by atoms with Crippen molar-refractivity contribution in [3.63, 3.8) is 0 Å². The van der Waals surface area contributed by atoms with Crippen molar-refractivity contribution < 1.29 is 17.9 Å². The number of fused-ring (bicyclic) bond motifs is 1. The van der Waals surface area contributed by atoms with Crippen molar-refractivity contribution >= 4 is 26.7 Å². The molecular weight excluding hydrogens is 458 g/mol. The molecule has 0 N–H and O–H groups in total. The van der Waals surface area contributed by atoms with Gasteiger partial charge in [-0.1, -0.05) is 56.3 Å². The standard InChI is InChI=1S/C29H29NO4S/c1-19(2)24-17-23-9-6-14-30-28(23)26(18-24)22-8-5-7-20(15-22)16-27(29(31)34-3)21-10-12-25(13-11-21)35(4,32)33/h5-15,17-19,27H,16H2,1-4H3. The lowest BCUT2D eigenvalue weighted by Crippen LogP contribution is -2.17. The molecule has 4 rings (SSSR count). The average molecular weight is 488 g/mol. The first-order valence-electron chi connectivity index (χ1n) is 11.5. The van der Waals surface area contributed by atoms with Crippen molar-refractivity contribution in [2.45, 2.75) is 37.0 Å². The summed E-state index contributed by atoms with van der Waals surface area (Å²) in [7, 11) is -1.95. The van der Waals surface area contributed by atoms with E-state index < -0.39 is 15.8 Å². The third kappa shape index (κ3) is 5.43. The van der Waals surface area contributed by atoms with Gasteiger partial charge in [-0.2, -0.15) is 0 Å². The zero-order valence-electron chi connectivity index (χ0n) is 20.4. The summed E-state index contributed by atoms with van der Waals surface area (Å²) in [5, 5.41) is 1.09. The molecule has 0 aliphatic carbocycles. The van der Waals surface area contributed by atoms with Crippen molar-refractivity contribution in [2.75, 3.05) is 13.4 Å². The van der Waals surface area contributed by atoms with Crippen molar-refractivity contribution in [2.24, 2.45) is 0 Å². The first kappa shape index (κ1) is 24.6. The topological polar surface area (TPSA) is 73.3 Å². The van der Waals surface area contributed by atoms with Gasteiger partial charge in [0.1, 0.15) is 0 Å². The molecule has 0 amide bonds. The molecule has 1 unspecified atom stereocenters. The van der Waals surface area contributed by atoms with Gasteiger partial charge >= 0.3 is 5.97 Å². The fraction of sp³-hybridized carbons (Fsp3) is 0.241. The Kier molecular flexibility index (Phi) is 7.03. The van der Waals surface area contributed by atoms with Crippen LogP contribution in [0.3, 0.4) is 0 Å². The Balaban J connectivity index is 1.73. The third-order valence-electron chi connectivity index (χ3n) is 6.27. The third-order valence-corrected chi connectivity index (χ3v) is 7.40. The molecule has 0 fully saturated rings. The molecule has 0 spiro atoms. The van der Waals surface area contributed by atoms with E-state index in [0.29, 0.717) is 17.9 Å². The number of carbonyl (C=O) groups is 1. The monoisotopic (exact) mass is 487 g/mol. The fourth-order valence-corrected chi connectivity index (χ4v) is 4.93. The number of ether oxygens (including phenoxy) is 1. The lowest BCUT2D eigenvalue weighted by molar-refractivity contribution is -0.142. The minimum absolute atomic E-state index is 0.219. The number of hydrogen-bond donors (Lipinski definition) is 0. The Hall–Kier alpha value is -3.51. The quantitative estimate of drug-likeness (QED) is 0.302. The molecular formula is C29H29NO4S. The molecule has 1 heterocycles. The summed E-state index contributed by atoms with van der Waals surface area (Å²) in [5.41, 5.74) is 5.96. The van der Waals surface area contributed by atoms with E-state index in [0.717, 1.165) is 33.8 Å². The van der Waals surface area contributed by atoms with Crippen LogP contribution in [0.1, 0.15) is 42.4 Å². The molecule has 0 radical (unpaired) electrons. The van der Waals surface area contributed by atoms with Gasteiger partial charge in [0.15, 0.2) is 9.84 Å². The van der Waals surface area contributed by atoms with Crippen molar-refractivity contribution in [1.29, 1.82) is 0 Å². The highest BCUT2D eigenvalue weighted by Crippen LogP contribution is 2.33. The van der Waals surface area contributed by atoms with Crippen molar-refractivity contribution in [3.05, 3.63) is 95.7 Å². The zero-order valence-corrected chi connectivity index (χ0v) is 21.2. The maximum absolute atomic E-state index is 12.7. The summed E-state index contributed by atoms with van der Waals surface area (Å²) in [6.07, 6.45) is 3.39. The van der Waals surface area contributed by atoms with E-state index in [9.17, 15) is 13.2 Å². The summed E-state index contributed by atoms with van der Waals surface area (Å²) in [6, 6.07) is 23.0. The Labute approximate surface area is 206 Å². The smallest absolute Gasteiger partial charge is 0.313 e. The molecule has 0 bridgehead atoms. The SMILES string of the molecule is COC(=O)C(Cc1cccc(-c2cc(C(C)C)cc3cccnc23)c1)c1ccc(S(C)(=O)=O)cc1. The van der Waals surface area contributed by atoms with Crippen LogP contribution in [-0.2, 0) is 25.8 Å². The van der Waals surface area contributed by atoms with E-state index in [-0.39, 0.29) is 10.9 Å². The summed E-state index contributed by atoms with van der Waals surface area (Å²) in [5.74, 6) is -0.544. The lowest BCUT2D eigenvalue weighted by Gasteiger charge is -2.17. The maximum atomic E-state index is 12.7. The normalized spacial score (nSPS) is 12.6. The van der Waals surface area contributed by atoms with Crippen LogP contribution in [0, 0.1) is 0 Å². The van der Waals surface area contributed by atoms with Gasteiger partial charge in [-0.15, -0.1) is 0 Å². The minimum Gasteiger partial charge on any atom is -0.469 e. The summed E-state index contributed by atoms with van der Waals surface area (Å²) in [4.78, 5) is 17.6. The second-order valence-corrected chi connectivity index (χ2v) is 11.1. The van der Waals surface area contributed by atoms with Crippen LogP contribution in [0.4, 0.5) is 0 Å². The molecule has 0 saturated carbocycles. The zero-order chi connectivity index (χ0) is 25.2. The van der Waals surface area contributed by atoms with Gasteiger partial charge in [-0.25, -0.2) is 8.42 Å². The van der Waals surface area contributed by atoms with Crippen LogP contribution >= 0.6 is 0 Å². The summed E-state index contributed by atoms with van der Waals surface area (Å²) in [6.45, 7) is 4.35. The van der Waals surface area contributed by atoms with Gasteiger partial charge in [0, 0.05) is 23.4 Å². The molecule has 1 atom stereocenters. The minimum atomic E-state index is -3.32. The van der Waals surface area contributed by atoms with Crippen LogP contribution in [0.15, 0.2) is 83.9 Å². The molecule has 4 aromatic rings. The molecule has 3 aromatic carbocycles. The van der Waals surface area contributed by atoms with Crippen LogP contribution in [0.5, 0.6) is 0 Å². The second-order valence-electron chi connectivity index (χ2n) is 9.12. The molecule has 35 heavy (non-hydrogen) atoms. The Bertz CT molecular complexity index is 1470. The molecule has 180 valence electrons. The number of nitrogens with zero attached hydrogens (tertiary/aromatic N) is 1. The Morgan fingerprint density at radius 2 is 1.69 bits per heavy atom. The molecule has 0 aliphatic heterocycles. The number of sulfone groups is 1. The van der Waals surface area contributed by atoms with E-state index in [4.69, 9.17) is 4.74 Å². The highest BCUT2D eigenvalue weighted by atomic mass is 32.2. The lowest BCUT2D eigenvalue weighted by atomic mass is 9.89. The highest BCUT2D eigenvalue weighted by molar-refractivity contribution is 7.90. The van der Waals surface area contributed by atoms with Crippen LogP contribution in [-0.4, -0.2) is 32.7 Å². The number of hydrogen-bond acceptors (Lipinski definition) is 5. The van der Waals surface area contributed by atoms with E-state index in [1.807, 2.05) is 18.2 Å². The van der Waals surface area contributed by atoms with Crippen molar-refractivity contribution in [1.82, 2.24) is 4.98 Å². The van der Waals surface area contributed by atoms with E-state index >= 15 is 0 Å². The molecule has 0 saturated heterocycles. The second kappa shape index (κ2) is 10.0. The average Bonchev–Trinajstić information content (AvgIpc) is 2.86. The highest BCUT2D eigenvalue weighted by Gasteiger charge is 2.23. The van der Waals surface area contributed by atoms with Gasteiger partial charge in [0.2, 0.25) is 0 Å². The first-order valence-corrected chi connectivity index (χ1v) is 13.4. The summed E-state index contributed by atoms with van der Waals surface area (Å²) >= 11 is 0. The van der Waals surface area contributed by atoms with Gasteiger partial charge in [0.25, 0.3) is 0 Å². The number of pyridine rings is 1. The van der Waals surface area contributed by atoms with Crippen LogP contribution in [0.2, 0.25) is 0 Å². The fourth-order valence-electron chi connectivity index (χ4n) is 4.30. The molecule has 0 aliphatic rings. The van der Waals surface area contributed by atoms with Crippen LogP contribution < -0.4 is 0 Å². The predicted molar refractivity (Wildman–Crippen MR) is 139 cm³/mol.